The predicted molar refractivity (Wildman–Crippen MR) is 105 cm³/mol. The van der Waals surface area contributed by atoms with Crippen molar-refractivity contribution in [2.24, 2.45) is 5.92 Å². The SMILES string of the molecule is CCCCCCC1C(C(=O)OCC)=C(C)OC1CS(=O)(=O)c1ccccc1. The number of allylic oxidation sites excluding steroid dienone is 1. The van der Waals surface area contributed by atoms with E-state index < -0.39 is 21.9 Å². The van der Waals surface area contributed by atoms with E-state index in [-0.39, 0.29) is 23.2 Å². The van der Waals surface area contributed by atoms with E-state index in [1.807, 2.05) is 0 Å². The third-order valence-corrected chi connectivity index (χ3v) is 6.63. The zero-order valence-corrected chi connectivity index (χ0v) is 17.3. The first-order valence-electron chi connectivity index (χ1n) is 9.73. The molecule has 0 spiro atoms. The summed E-state index contributed by atoms with van der Waals surface area (Å²) in [6.45, 7) is 5.91. The van der Waals surface area contributed by atoms with Crippen LogP contribution in [0.5, 0.6) is 0 Å². The largest absolute Gasteiger partial charge is 0.493 e. The van der Waals surface area contributed by atoms with Crippen LogP contribution < -0.4 is 0 Å². The molecule has 0 N–H and O–H groups in total. The molecule has 0 aliphatic carbocycles. The smallest absolute Gasteiger partial charge is 0.337 e. The van der Waals surface area contributed by atoms with Gasteiger partial charge >= 0.3 is 5.97 Å². The van der Waals surface area contributed by atoms with E-state index >= 15 is 0 Å². The quantitative estimate of drug-likeness (QED) is 0.437. The molecule has 1 aromatic rings. The molecule has 0 radical (unpaired) electrons. The van der Waals surface area contributed by atoms with Crippen LogP contribution in [0.1, 0.15) is 52.9 Å². The maximum Gasteiger partial charge on any atom is 0.337 e. The standard InChI is InChI=1S/C21H30O5S/c1-4-6-7-11-14-18-19(26-16(3)20(18)21(22)25-5-2)15-27(23,24)17-12-9-8-10-13-17/h8-10,12-13,18-19H,4-7,11,14-15H2,1-3H3. The molecule has 0 aromatic heterocycles. The highest BCUT2D eigenvalue weighted by molar-refractivity contribution is 7.91. The Balaban J connectivity index is 2.20. The Labute approximate surface area is 162 Å². The molecule has 1 aliphatic heterocycles. The first kappa shape index (κ1) is 21.5. The van der Waals surface area contributed by atoms with Crippen LogP contribution in [-0.4, -0.2) is 32.9 Å². The fourth-order valence-electron chi connectivity index (χ4n) is 3.54. The molecule has 2 atom stereocenters. The highest BCUT2D eigenvalue weighted by Gasteiger charge is 2.41. The third-order valence-electron chi connectivity index (χ3n) is 4.88. The Morgan fingerprint density at radius 1 is 1.11 bits per heavy atom. The van der Waals surface area contributed by atoms with E-state index in [1.54, 1.807) is 44.2 Å². The van der Waals surface area contributed by atoms with Gasteiger partial charge in [-0.1, -0.05) is 50.8 Å². The van der Waals surface area contributed by atoms with Gasteiger partial charge in [0.05, 0.1) is 22.8 Å². The molecule has 0 saturated heterocycles. The fourth-order valence-corrected chi connectivity index (χ4v) is 5.03. The van der Waals surface area contributed by atoms with E-state index in [0.29, 0.717) is 11.3 Å². The zero-order valence-electron chi connectivity index (χ0n) is 16.4. The van der Waals surface area contributed by atoms with Gasteiger partial charge in [-0.15, -0.1) is 0 Å². The second-order valence-electron chi connectivity index (χ2n) is 6.90. The average Bonchev–Trinajstić information content (AvgIpc) is 2.94. The summed E-state index contributed by atoms with van der Waals surface area (Å²) in [7, 11) is -3.50. The second-order valence-corrected chi connectivity index (χ2v) is 8.93. The van der Waals surface area contributed by atoms with Gasteiger partial charge in [0.2, 0.25) is 0 Å². The Bertz CT molecular complexity index is 752. The van der Waals surface area contributed by atoms with Gasteiger partial charge in [-0.2, -0.15) is 0 Å². The lowest BCUT2D eigenvalue weighted by atomic mass is 9.89. The van der Waals surface area contributed by atoms with Crippen LogP contribution in [0, 0.1) is 5.92 Å². The van der Waals surface area contributed by atoms with E-state index in [1.165, 1.54) is 0 Å². The van der Waals surface area contributed by atoms with E-state index in [0.717, 1.165) is 32.1 Å². The van der Waals surface area contributed by atoms with Crippen LogP contribution in [0.3, 0.4) is 0 Å². The fraction of sp³-hybridized carbons (Fsp3) is 0.571. The summed E-state index contributed by atoms with van der Waals surface area (Å²) in [5.74, 6) is -0.299. The Kier molecular flexibility index (Phi) is 7.90. The molecule has 0 saturated carbocycles. The molecule has 1 aromatic carbocycles. The van der Waals surface area contributed by atoms with Gasteiger partial charge < -0.3 is 9.47 Å². The molecular weight excluding hydrogens is 364 g/mol. The van der Waals surface area contributed by atoms with Crippen molar-refractivity contribution in [3.63, 3.8) is 0 Å². The molecule has 6 heteroatoms. The van der Waals surface area contributed by atoms with Crippen molar-refractivity contribution in [2.45, 2.75) is 63.9 Å². The topological polar surface area (TPSA) is 69.7 Å². The summed E-state index contributed by atoms with van der Waals surface area (Å²) in [6, 6.07) is 8.38. The number of carbonyl (C=O) groups is 1. The molecule has 150 valence electrons. The van der Waals surface area contributed by atoms with Crippen molar-refractivity contribution in [3.8, 4) is 0 Å². The number of hydrogen-bond acceptors (Lipinski definition) is 5. The Morgan fingerprint density at radius 2 is 1.81 bits per heavy atom. The normalized spacial score (nSPS) is 19.8. The molecule has 0 amide bonds. The molecule has 27 heavy (non-hydrogen) atoms. The Morgan fingerprint density at radius 3 is 2.44 bits per heavy atom. The van der Waals surface area contributed by atoms with Gasteiger partial charge in [0.15, 0.2) is 9.84 Å². The molecule has 5 nitrogen and oxygen atoms in total. The molecule has 2 rings (SSSR count). The van der Waals surface area contributed by atoms with Gasteiger partial charge in [-0.25, -0.2) is 13.2 Å². The summed E-state index contributed by atoms with van der Waals surface area (Å²) in [6.07, 6.45) is 4.39. The van der Waals surface area contributed by atoms with Gasteiger partial charge in [-0.3, -0.25) is 0 Å². The summed E-state index contributed by atoms with van der Waals surface area (Å²) >= 11 is 0. The number of carbonyl (C=O) groups excluding carboxylic acids is 1. The number of esters is 1. The van der Waals surface area contributed by atoms with Crippen molar-refractivity contribution in [3.05, 3.63) is 41.7 Å². The van der Waals surface area contributed by atoms with E-state index in [4.69, 9.17) is 9.47 Å². The maximum atomic E-state index is 12.8. The zero-order chi connectivity index (χ0) is 19.9. The van der Waals surface area contributed by atoms with Crippen LogP contribution in [-0.2, 0) is 24.1 Å². The molecule has 0 bridgehead atoms. The average molecular weight is 395 g/mol. The van der Waals surface area contributed by atoms with Crippen LogP contribution in [0.4, 0.5) is 0 Å². The summed E-state index contributed by atoms with van der Waals surface area (Å²) in [5.41, 5.74) is 0.501. The van der Waals surface area contributed by atoms with Crippen LogP contribution in [0.25, 0.3) is 0 Å². The van der Waals surface area contributed by atoms with E-state index in [9.17, 15) is 13.2 Å². The van der Waals surface area contributed by atoms with Crippen LogP contribution >= 0.6 is 0 Å². The van der Waals surface area contributed by atoms with Crippen molar-refractivity contribution < 1.29 is 22.7 Å². The monoisotopic (exact) mass is 394 g/mol. The van der Waals surface area contributed by atoms with Crippen LogP contribution in [0.15, 0.2) is 46.6 Å². The number of hydrogen-bond donors (Lipinski definition) is 0. The highest BCUT2D eigenvalue weighted by atomic mass is 32.2. The molecule has 2 unspecified atom stereocenters. The van der Waals surface area contributed by atoms with Crippen LogP contribution in [0.2, 0.25) is 0 Å². The second kappa shape index (κ2) is 9.93. The number of sulfone groups is 1. The summed E-state index contributed by atoms with van der Waals surface area (Å²) in [4.78, 5) is 12.7. The van der Waals surface area contributed by atoms with Gasteiger partial charge in [0, 0.05) is 5.92 Å². The lowest BCUT2D eigenvalue weighted by Crippen LogP contribution is -2.30. The number of benzene rings is 1. The Hall–Kier alpha value is -1.82. The van der Waals surface area contributed by atoms with E-state index in [2.05, 4.69) is 6.92 Å². The van der Waals surface area contributed by atoms with Gasteiger partial charge in [-0.05, 0) is 32.4 Å². The molecule has 1 aliphatic rings. The van der Waals surface area contributed by atoms with Crippen molar-refractivity contribution in [1.29, 1.82) is 0 Å². The lowest BCUT2D eigenvalue weighted by Gasteiger charge is -2.21. The number of ether oxygens (including phenoxy) is 2. The van der Waals surface area contributed by atoms with Gasteiger partial charge in [0.1, 0.15) is 11.9 Å². The minimum atomic E-state index is -3.50. The third kappa shape index (κ3) is 5.58. The summed E-state index contributed by atoms with van der Waals surface area (Å²) in [5, 5.41) is 0. The first-order chi connectivity index (χ1) is 12.9. The number of rotatable bonds is 10. The number of unbranched alkanes of at least 4 members (excludes halogenated alkanes) is 3. The molecule has 0 fully saturated rings. The maximum absolute atomic E-state index is 12.8. The first-order valence-corrected chi connectivity index (χ1v) is 11.4. The summed E-state index contributed by atoms with van der Waals surface area (Å²) < 4.78 is 36.7. The van der Waals surface area contributed by atoms with Gasteiger partial charge in [0.25, 0.3) is 0 Å². The van der Waals surface area contributed by atoms with Crippen molar-refractivity contribution in [2.75, 3.05) is 12.4 Å². The lowest BCUT2D eigenvalue weighted by molar-refractivity contribution is -0.139. The highest BCUT2D eigenvalue weighted by Crippen LogP contribution is 2.37. The minimum Gasteiger partial charge on any atom is -0.493 e. The minimum absolute atomic E-state index is 0.143. The molecule has 1 heterocycles. The van der Waals surface area contributed by atoms with Crippen molar-refractivity contribution in [1.82, 2.24) is 0 Å². The predicted octanol–water partition coefficient (Wildman–Crippen LogP) is 4.28. The van der Waals surface area contributed by atoms with Crippen molar-refractivity contribution >= 4 is 15.8 Å². The molecular formula is C21H30O5S.